The second-order valence-corrected chi connectivity index (χ2v) is 6.03. The Balaban J connectivity index is 1.67. The maximum absolute atomic E-state index is 4.24. The normalized spacial score (nSPS) is 13.5. The Hall–Kier alpha value is -2.19. The van der Waals surface area contributed by atoms with Crippen molar-refractivity contribution in [3.63, 3.8) is 0 Å². The number of nitrogens with zero attached hydrogens (tertiary/aromatic N) is 2. The van der Waals surface area contributed by atoms with Crippen LogP contribution in [0.4, 0.5) is 11.4 Å². The van der Waals surface area contributed by atoms with Gasteiger partial charge < -0.3 is 0 Å². The van der Waals surface area contributed by atoms with E-state index in [-0.39, 0.29) is 5.92 Å². The predicted octanol–water partition coefficient (Wildman–Crippen LogP) is 5.80. The molecule has 2 aromatic carbocycles. The predicted molar refractivity (Wildman–Crippen MR) is 98.4 cm³/mol. The summed E-state index contributed by atoms with van der Waals surface area (Å²) in [6.45, 7) is 0. The van der Waals surface area contributed by atoms with Gasteiger partial charge in [0, 0.05) is 9.13 Å². The Morgan fingerprint density at radius 1 is 0.773 bits per heavy atom. The van der Waals surface area contributed by atoms with Crippen LogP contribution in [-0.2, 0) is 0 Å². The van der Waals surface area contributed by atoms with Crippen molar-refractivity contribution in [2.24, 2.45) is 16.1 Å². The van der Waals surface area contributed by atoms with Crippen LogP contribution >= 0.6 is 22.6 Å². The second-order valence-electron chi connectivity index (χ2n) is 4.79. The highest BCUT2D eigenvalue weighted by Crippen LogP contribution is 2.19. The van der Waals surface area contributed by atoms with Crippen molar-refractivity contribution in [3.8, 4) is 11.8 Å². The molecule has 3 rings (SSSR count). The fourth-order valence-electron chi connectivity index (χ4n) is 1.93. The van der Waals surface area contributed by atoms with E-state index in [0.717, 1.165) is 16.9 Å². The van der Waals surface area contributed by atoms with Crippen molar-refractivity contribution >= 4 is 34.0 Å². The smallest absolute Gasteiger partial charge is 0.0857 e. The molecule has 3 heteroatoms. The van der Waals surface area contributed by atoms with E-state index in [1.165, 1.54) is 3.57 Å². The van der Waals surface area contributed by atoms with E-state index >= 15 is 0 Å². The van der Waals surface area contributed by atoms with E-state index in [4.69, 9.17) is 0 Å². The summed E-state index contributed by atoms with van der Waals surface area (Å²) < 4.78 is 1.19. The monoisotopic (exact) mass is 396 g/mol. The molecule has 1 aliphatic carbocycles. The van der Waals surface area contributed by atoms with E-state index in [9.17, 15) is 0 Å². The molecule has 0 fully saturated rings. The summed E-state index contributed by atoms with van der Waals surface area (Å²) in [5.74, 6) is 6.61. The van der Waals surface area contributed by atoms with Crippen LogP contribution in [0.1, 0.15) is 5.56 Å². The lowest BCUT2D eigenvalue weighted by molar-refractivity contribution is 1.15. The van der Waals surface area contributed by atoms with Crippen LogP contribution in [0.15, 0.2) is 83.1 Å². The molecular weight excluding hydrogens is 383 g/mol. The first kappa shape index (κ1) is 14.7. The number of halogens is 1. The Labute approximate surface area is 143 Å². The average Bonchev–Trinajstić information content (AvgIpc) is 3.07. The highest BCUT2D eigenvalue weighted by atomic mass is 127. The number of azo groups is 1. The lowest BCUT2D eigenvalue weighted by Crippen LogP contribution is -1.82. The number of benzene rings is 2. The minimum atomic E-state index is 0.236. The molecule has 22 heavy (non-hydrogen) atoms. The third-order valence-electron chi connectivity index (χ3n) is 3.11. The van der Waals surface area contributed by atoms with Gasteiger partial charge in [-0.1, -0.05) is 36.1 Å². The van der Waals surface area contributed by atoms with Gasteiger partial charge in [-0.2, -0.15) is 10.2 Å². The van der Waals surface area contributed by atoms with Gasteiger partial charge in [0.1, 0.15) is 0 Å². The Bertz CT molecular complexity index is 776. The van der Waals surface area contributed by atoms with E-state index in [2.05, 4.69) is 56.8 Å². The lowest BCUT2D eigenvalue weighted by atomic mass is 10.1. The molecular formula is C19H13IN2. The summed E-state index contributed by atoms with van der Waals surface area (Å²) in [6, 6.07) is 15.7. The minimum Gasteiger partial charge on any atom is -0.151 e. The molecule has 0 amide bonds. The van der Waals surface area contributed by atoms with E-state index < -0.39 is 0 Å². The Morgan fingerprint density at radius 2 is 1.32 bits per heavy atom. The molecule has 0 atom stereocenters. The van der Waals surface area contributed by atoms with Gasteiger partial charge in [-0.15, -0.1) is 0 Å². The van der Waals surface area contributed by atoms with Gasteiger partial charge in [-0.25, -0.2) is 0 Å². The highest BCUT2D eigenvalue weighted by Gasteiger charge is 1.97. The van der Waals surface area contributed by atoms with E-state index in [1.54, 1.807) is 0 Å². The van der Waals surface area contributed by atoms with Gasteiger partial charge in [0.05, 0.1) is 17.3 Å². The molecule has 0 saturated heterocycles. The summed E-state index contributed by atoms with van der Waals surface area (Å²) in [5.41, 5.74) is 2.66. The third-order valence-corrected chi connectivity index (χ3v) is 3.83. The third kappa shape index (κ3) is 4.15. The van der Waals surface area contributed by atoms with E-state index in [0.29, 0.717) is 0 Å². The molecule has 0 saturated carbocycles. The summed E-state index contributed by atoms with van der Waals surface area (Å²) >= 11 is 2.27. The zero-order valence-electron chi connectivity index (χ0n) is 11.8. The van der Waals surface area contributed by atoms with Crippen LogP contribution < -0.4 is 0 Å². The molecule has 0 bridgehead atoms. The molecule has 0 aliphatic heterocycles. The first-order valence-corrected chi connectivity index (χ1v) is 8.01. The quantitative estimate of drug-likeness (QED) is 0.348. The Morgan fingerprint density at radius 3 is 1.91 bits per heavy atom. The molecule has 2 nitrogen and oxygen atoms in total. The van der Waals surface area contributed by atoms with Crippen molar-refractivity contribution in [1.82, 2.24) is 0 Å². The fourth-order valence-corrected chi connectivity index (χ4v) is 2.29. The molecule has 1 aliphatic rings. The lowest BCUT2D eigenvalue weighted by Gasteiger charge is -1.95. The summed E-state index contributed by atoms with van der Waals surface area (Å²) in [7, 11) is 0. The standard InChI is InChI=1S/C19H13IN2/c20-17-9-13-19(14-10-17)22-21-18-11-7-16(8-12-18)6-5-15-3-1-2-4-15/h1-4,7-15H. The van der Waals surface area contributed by atoms with Gasteiger partial charge in [-0.05, 0) is 71.1 Å². The van der Waals surface area contributed by atoms with Crippen LogP contribution in [0.3, 0.4) is 0 Å². The number of allylic oxidation sites excluding steroid dienone is 4. The molecule has 0 spiro atoms. The Kier molecular flexibility index (Phi) is 4.81. The van der Waals surface area contributed by atoms with Gasteiger partial charge in [-0.3, -0.25) is 0 Å². The van der Waals surface area contributed by atoms with Crippen LogP contribution in [0, 0.1) is 21.3 Å². The highest BCUT2D eigenvalue weighted by molar-refractivity contribution is 14.1. The molecule has 0 radical (unpaired) electrons. The van der Waals surface area contributed by atoms with Crippen molar-refractivity contribution in [2.75, 3.05) is 0 Å². The molecule has 0 N–H and O–H groups in total. The zero-order chi connectivity index (χ0) is 15.2. The topological polar surface area (TPSA) is 24.7 Å². The summed E-state index contributed by atoms with van der Waals surface area (Å²) in [5, 5.41) is 8.46. The number of hydrogen-bond donors (Lipinski definition) is 0. The van der Waals surface area contributed by atoms with Crippen LogP contribution in [0.2, 0.25) is 0 Å². The van der Waals surface area contributed by atoms with E-state index in [1.807, 2.05) is 60.7 Å². The zero-order valence-corrected chi connectivity index (χ0v) is 13.9. The van der Waals surface area contributed by atoms with Crippen molar-refractivity contribution in [3.05, 3.63) is 82.0 Å². The van der Waals surface area contributed by atoms with Gasteiger partial charge in [0.15, 0.2) is 0 Å². The summed E-state index contributed by atoms with van der Waals surface area (Å²) in [6.07, 6.45) is 8.20. The van der Waals surface area contributed by atoms with Crippen molar-refractivity contribution in [2.45, 2.75) is 0 Å². The van der Waals surface area contributed by atoms with Gasteiger partial charge >= 0.3 is 0 Å². The molecule has 2 aromatic rings. The van der Waals surface area contributed by atoms with Crippen LogP contribution in [0.25, 0.3) is 0 Å². The first-order valence-electron chi connectivity index (χ1n) is 6.93. The average molecular weight is 396 g/mol. The van der Waals surface area contributed by atoms with Crippen molar-refractivity contribution in [1.29, 1.82) is 0 Å². The number of rotatable bonds is 2. The largest absolute Gasteiger partial charge is 0.151 e. The van der Waals surface area contributed by atoms with Gasteiger partial charge in [0.2, 0.25) is 0 Å². The maximum Gasteiger partial charge on any atom is 0.0857 e. The molecule has 0 heterocycles. The van der Waals surface area contributed by atoms with Crippen LogP contribution in [-0.4, -0.2) is 0 Å². The fraction of sp³-hybridized carbons (Fsp3) is 0.0526. The molecule has 0 aromatic heterocycles. The molecule has 0 unspecified atom stereocenters. The summed E-state index contributed by atoms with van der Waals surface area (Å²) in [4.78, 5) is 0. The van der Waals surface area contributed by atoms with Gasteiger partial charge in [0.25, 0.3) is 0 Å². The second kappa shape index (κ2) is 7.19. The van der Waals surface area contributed by atoms with Crippen LogP contribution in [0.5, 0.6) is 0 Å². The first-order chi connectivity index (χ1) is 10.8. The maximum atomic E-state index is 4.24. The minimum absolute atomic E-state index is 0.236. The number of hydrogen-bond acceptors (Lipinski definition) is 2. The SMILES string of the molecule is Ic1ccc(N=Nc2ccc(C#CC3C=CC=C3)cc2)cc1. The molecule has 106 valence electrons. The van der Waals surface area contributed by atoms with Crippen molar-refractivity contribution < 1.29 is 0 Å².